The average Bonchev–Trinajstić information content (AvgIpc) is 2.71. The summed E-state index contributed by atoms with van der Waals surface area (Å²) in [6, 6.07) is 0.965. The summed E-state index contributed by atoms with van der Waals surface area (Å²) in [6.45, 7) is 14.1. The Kier molecular flexibility index (Phi) is 5.60. The lowest BCUT2D eigenvalue weighted by Crippen LogP contribution is -2.26. The monoisotopic (exact) mass is 249 g/mol. The standard InChI is InChI=1S/C15H27N3/c1-11(2)14(8-17-12(3)4)7-15-9-16-10-18(15)13(5)6/h7,9-13,17H,8H2,1-6H3. The minimum Gasteiger partial charge on any atom is -0.329 e. The second-order valence-corrected chi connectivity index (χ2v) is 5.73. The van der Waals surface area contributed by atoms with Crippen molar-refractivity contribution in [2.24, 2.45) is 5.92 Å². The Bertz CT molecular complexity index is 386. The molecule has 0 saturated carbocycles. The third-order valence-corrected chi connectivity index (χ3v) is 3.04. The molecule has 0 unspecified atom stereocenters. The van der Waals surface area contributed by atoms with Gasteiger partial charge in [0.2, 0.25) is 0 Å². The summed E-state index contributed by atoms with van der Waals surface area (Å²) in [6.07, 6.45) is 6.12. The van der Waals surface area contributed by atoms with Gasteiger partial charge in [0.25, 0.3) is 0 Å². The zero-order valence-electron chi connectivity index (χ0n) is 12.6. The van der Waals surface area contributed by atoms with E-state index in [9.17, 15) is 0 Å². The maximum Gasteiger partial charge on any atom is 0.0953 e. The Morgan fingerprint density at radius 3 is 2.44 bits per heavy atom. The first-order valence-electron chi connectivity index (χ1n) is 6.87. The van der Waals surface area contributed by atoms with Gasteiger partial charge in [0.15, 0.2) is 0 Å². The van der Waals surface area contributed by atoms with Crippen LogP contribution in [0.5, 0.6) is 0 Å². The van der Waals surface area contributed by atoms with E-state index in [4.69, 9.17) is 0 Å². The normalized spacial score (nSPS) is 13.1. The zero-order valence-corrected chi connectivity index (χ0v) is 12.6. The van der Waals surface area contributed by atoms with Crippen LogP contribution in [0.15, 0.2) is 18.1 Å². The van der Waals surface area contributed by atoms with Crippen LogP contribution < -0.4 is 5.32 Å². The van der Waals surface area contributed by atoms with Gasteiger partial charge >= 0.3 is 0 Å². The quantitative estimate of drug-likeness (QED) is 0.836. The number of nitrogens with one attached hydrogen (secondary N) is 1. The first kappa shape index (κ1) is 15.0. The molecule has 0 aliphatic carbocycles. The summed E-state index contributed by atoms with van der Waals surface area (Å²) in [4.78, 5) is 4.25. The van der Waals surface area contributed by atoms with Crippen molar-refractivity contribution < 1.29 is 0 Å². The van der Waals surface area contributed by atoms with Crippen molar-refractivity contribution in [3.63, 3.8) is 0 Å². The van der Waals surface area contributed by atoms with E-state index in [1.165, 1.54) is 11.3 Å². The summed E-state index contributed by atoms with van der Waals surface area (Å²) < 4.78 is 2.21. The molecule has 102 valence electrons. The van der Waals surface area contributed by atoms with Crippen LogP contribution in [0, 0.1) is 5.92 Å². The zero-order chi connectivity index (χ0) is 13.7. The van der Waals surface area contributed by atoms with E-state index in [-0.39, 0.29) is 0 Å². The summed E-state index contributed by atoms with van der Waals surface area (Å²) in [7, 11) is 0. The van der Waals surface area contributed by atoms with Crippen LogP contribution in [0.3, 0.4) is 0 Å². The van der Waals surface area contributed by atoms with Gasteiger partial charge in [-0.05, 0) is 25.8 Å². The topological polar surface area (TPSA) is 29.9 Å². The maximum absolute atomic E-state index is 4.25. The molecule has 0 aliphatic heterocycles. The molecule has 18 heavy (non-hydrogen) atoms. The second-order valence-electron chi connectivity index (χ2n) is 5.73. The van der Waals surface area contributed by atoms with Gasteiger partial charge in [-0.2, -0.15) is 0 Å². The third-order valence-electron chi connectivity index (χ3n) is 3.04. The molecule has 1 N–H and O–H groups in total. The fraction of sp³-hybridized carbons (Fsp3) is 0.667. The maximum atomic E-state index is 4.25. The molecule has 1 aromatic heterocycles. The van der Waals surface area contributed by atoms with Gasteiger partial charge in [-0.15, -0.1) is 0 Å². The van der Waals surface area contributed by atoms with Crippen LogP contribution in [0.1, 0.15) is 53.3 Å². The fourth-order valence-corrected chi connectivity index (χ4v) is 1.79. The Balaban J connectivity index is 2.90. The van der Waals surface area contributed by atoms with Crippen molar-refractivity contribution in [2.45, 2.75) is 53.6 Å². The highest BCUT2D eigenvalue weighted by Gasteiger charge is 2.08. The summed E-state index contributed by atoms with van der Waals surface area (Å²) in [5.41, 5.74) is 2.62. The molecule has 0 aliphatic rings. The molecule has 0 radical (unpaired) electrons. The first-order valence-corrected chi connectivity index (χ1v) is 6.87. The molecule has 0 fully saturated rings. The van der Waals surface area contributed by atoms with Crippen molar-refractivity contribution in [2.75, 3.05) is 6.54 Å². The molecule has 0 aromatic carbocycles. The Labute approximate surface area is 111 Å². The van der Waals surface area contributed by atoms with Crippen LogP contribution in [0.4, 0.5) is 0 Å². The number of nitrogens with zero attached hydrogens (tertiary/aromatic N) is 2. The SMILES string of the molecule is CC(C)NCC(=Cc1cncn1C(C)C)C(C)C. The molecule has 1 rings (SSSR count). The number of hydrogen-bond acceptors (Lipinski definition) is 2. The Hall–Kier alpha value is -1.09. The average molecular weight is 249 g/mol. The van der Waals surface area contributed by atoms with Gasteiger partial charge in [0.1, 0.15) is 0 Å². The summed E-state index contributed by atoms with van der Waals surface area (Å²) in [5.74, 6) is 0.548. The van der Waals surface area contributed by atoms with Gasteiger partial charge in [0, 0.05) is 18.6 Å². The van der Waals surface area contributed by atoms with Gasteiger partial charge in [0.05, 0.1) is 18.2 Å². The molecule has 0 saturated heterocycles. The molecule has 0 amide bonds. The van der Waals surface area contributed by atoms with Crippen LogP contribution >= 0.6 is 0 Å². The molecule has 0 bridgehead atoms. The van der Waals surface area contributed by atoms with Gasteiger partial charge in [-0.1, -0.05) is 33.3 Å². The van der Waals surface area contributed by atoms with Gasteiger partial charge < -0.3 is 9.88 Å². The second kappa shape index (κ2) is 6.74. The van der Waals surface area contributed by atoms with E-state index >= 15 is 0 Å². The smallest absolute Gasteiger partial charge is 0.0953 e. The first-order chi connectivity index (χ1) is 8.41. The number of rotatable bonds is 6. The minimum absolute atomic E-state index is 0.449. The highest BCUT2D eigenvalue weighted by Crippen LogP contribution is 2.17. The predicted molar refractivity (Wildman–Crippen MR) is 78.6 cm³/mol. The largest absolute Gasteiger partial charge is 0.329 e. The van der Waals surface area contributed by atoms with E-state index in [1.54, 1.807) is 0 Å². The van der Waals surface area contributed by atoms with Gasteiger partial charge in [-0.25, -0.2) is 4.98 Å². The minimum atomic E-state index is 0.449. The van der Waals surface area contributed by atoms with E-state index in [0.717, 1.165) is 6.54 Å². The molecular weight excluding hydrogens is 222 g/mol. The molecule has 1 aromatic rings. The fourth-order valence-electron chi connectivity index (χ4n) is 1.79. The van der Waals surface area contributed by atoms with E-state index in [2.05, 4.69) is 62.5 Å². The molecule has 3 heteroatoms. The van der Waals surface area contributed by atoms with Crippen molar-refractivity contribution in [1.29, 1.82) is 0 Å². The molecule has 3 nitrogen and oxygen atoms in total. The van der Waals surface area contributed by atoms with E-state index < -0.39 is 0 Å². The highest BCUT2D eigenvalue weighted by molar-refractivity contribution is 5.49. The summed E-state index contributed by atoms with van der Waals surface area (Å²) >= 11 is 0. The number of imidazole rings is 1. The Morgan fingerprint density at radius 1 is 1.28 bits per heavy atom. The third kappa shape index (κ3) is 4.30. The van der Waals surface area contributed by atoms with Crippen molar-refractivity contribution >= 4 is 6.08 Å². The van der Waals surface area contributed by atoms with E-state index in [0.29, 0.717) is 18.0 Å². The number of hydrogen-bond donors (Lipinski definition) is 1. The number of aromatic nitrogens is 2. The molecular formula is C15H27N3. The van der Waals surface area contributed by atoms with E-state index in [1.807, 2.05) is 12.5 Å². The highest BCUT2D eigenvalue weighted by atomic mass is 15.1. The van der Waals surface area contributed by atoms with Crippen LogP contribution in [-0.2, 0) is 0 Å². The Morgan fingerprint density at radius 2 is 1.94 bits per heavy atom. The lowest BCUT2D eigenvalue weighted by atomic mass is 10.0. The molecule has 0 spiro atoms. The van der Waals surface area contributed by atoms with Crippen LogP contribution in [0.2, 0.25) is 0 Å². The molecule has 1 heterocycles. The molecule has 0 atom stereocenters. The van der Waals surface area contributed by atoms with Crippen molar-refractivity contribution in [1.82, 2.24) is 14.9 Å². The lowest BCUT2D eigenvalue weighted by Gasteiger charge is -2.16. The van der Waals surface area contributed by atoms with Crippen LogP contribution in [-0.4, -0.2) is 22.1 Å². The van der Waals surface area contributed by atoms with Crippen molar-refractivity contribution in [3.8, 4) is 0 Å². The predicted octanol–water partition coefficient (Wildman–Crippen LogP) is 3.50. The van der Waals surface area contributed by atoms with Gasteiger partial charge in [-0.3, -0.25) is 0 Å². The van der Waals surface area contributed by atoms with Crippen molar-refractivity contribution in [3.05, 3.63) is 23.8 Å². The lowest BCUT2D eigenvalue weighted by molar-refractivity contribution is 0.585. The summed E-state index contributed by atoms with van der Waals surface area (Å²) in [5, 5.41) is 3.49. The van der Waals surface area contributed by atoms with Crippen LogP contribution in [0.25, 0.3) is 6.08 Å².